The van der Waals surface area contributed by atoms with Gasteiger partial charge >= 0.3 is 6.09 Å². The van der Waals surface area contributed by atoms with E-state index in [-0.39, 0.29) is 68.5 Å². The van der Waals surface area contributed by atoms with E-state index < -0.39 is 21.8 Å². The number of nitrogens with zero attached hydrogens (tertiary/aromatic N) is 1. The Labute approximate surface area is 369 Å². The summed E-state index contributed by atoms with van der Waals surface area (Å²) < 4.78 is 55.1. The molecule has 0 radical (unpaired) electrons. The van der Waals surface area contributed by atoms with Gasteiger partial charge < -0.3 is 49.2 Å². The first-order valence-corrected chi connectivity index (χ1v) is 24.2. The molecule has 4 fully saturated rings. The standard InChI is InChI=1S/C14H26O5S.C12H21NO3.C12H22O4.C8H15N/c1-4-8-12(11-18-20(3,15)16)13(5-2)19-14-9-6-7-10-17-14;1-5-6-9-7-13(8-10(9)14)11(15)16-12(2,3)4;1-2-5-10(8-13)11(9-14)16-12-6-3-4-7-15-12;1-3-4-8-6-9-5-7(8)2/h4,12-14H,1,5-11H2,2-3H3;5,9-10,14H,1,6-8H2,2-4H3;2,10-14H,1,3-9H2;3,7-9H,1,4-6H2,2H3/t12-,13+,14?;9-,10+;10-,11+,12?;7-,8+/m0001/s1. The maximum absolute atomic E-state index is 11.7. The summed E-state index contributed by atoms with van der Waals surface area (Å²) in [4.78, 5) is 13.3. The molecule has 4 aliphatic rings. The minimum atomic E-state index is -3.43. The monoisotopic (exact) mass is 889 g/mol. The third-order valence-corrected chi connectivity index (χ3v) is 11.5. The van der Waals surface area contributed by atoms with Crippen molar-refractivity contribution in [3.63, 3.8) is 0 Å². The van der Waals surface area contributed by atoms with Gasteiger partial charge in [0.05, 0.1) is 44.3 Å². The number of likely N-dealkylation sites (tertiary alicyclic amines) is 1. The fourth-order valence-corrected chi connectivity index (χ4v) is 7.77. The van der Waals surface area contributed by atoms with E-state index in [9.17, 15) is 28.5 Å². The highest BCUT2D eigenvalue weighted by atomic mass is 32.2. The first-order valence-electron chi connectivity index (χ1n) is 22.4. The molecule has 4 saturated heterocycles. The van der Waals surface area contributed by atoms with Gasteiger partial charge in [-0.1, -0.05) is 38.2 Å². The molecule has 10 atom stereocenters. The molecule has 1 amide bonds. The minimum absolute atomic E-state index is 0.00995. The van der Waals surface area contributed by atoms with E-state index in [1.165, 1.54) is 19.5 Å². The lowest BCUT2D eigenvalue weighted by molar-refractivity contribution is -0.207. The van der Waals surface area contributed by atoms with Gasteiger partial charge in [0.2, 0.25) is 0 Å². The third-order valence-electron chi connectivity index (χ3n) is 10.9. The highest BCUT2D eigenvalue weighted by Gasteiger charge is 2.35. The Balaban J connectivity index is 0.000000418. The summed E-state index contributed by atoms with van der Waals surface area (Å²) in [5.74, 6) is 1.65. The minimum Gasteiger partial charge on any atom is -0.444 e. The highest BCUT2D eigenvalue weighted by Crippen LogP contribution is 2.25. The molecule has 14 nitrogen and oxygen atoms in total. The van der Waals surface area contributed by atoms with Crippen LogP contribution in [0, 0.1) is 29.6 Å². The van der Waals surface area contributed by atoms with Crippen molar-refractivity contribution in [3.8, 4) is 0 Å². The van der Waals surface area contributed by atoms with Gasteiger partial charge in [-0.15, -0.1) is 26.3 Å². The molecule has 4 rings (SSSR count). The zero-order chi connectivity index (χ0) is 45.8. The topological polar surface area (TPSA) is 183 Å². The second-order valence-electron chi connectivity index (χ2n) is 17.4. The van der Waals surface area contributed by atoms with Crippen LogP contribution >= 0.6 is 0 Å². The molecule has 0 aromatic rings. The number of hydrogen-bond donors (Lipinski definition) is 4. The van der Waals surface area contributed by atoms with E-state index in [2.05, 4.69) is 38.6 Å². The Morgan fingerprint density at radius 3 is 1.82 bits per heavy atom. The average molecular weight is 889 g/mol. The Morgan fingerprint density at radius 2 is 1.39 bits per heavy atom. The van der Waals surface area contributed by atoms with Crippen molar-refractivity contribution in [3.05, 3.63) is 50.6 Å². The van der Waals surface area contributed by atoms with Gasteiger partial charge in [-0.2, -0.15) is 8.42 Å². The molecule has 61 heavy (non-hydrogen) atoms. The number of carbonyl (C=O) groups excluding carboxylic acids is 1. The van der Waals surface area contributed by atoms with Gasteiger partial charge in [0.15, 0.2) is 12.6 Å². The fourth-order valence-electron chi connectivity index (χ4n) is 7.35. The van der Waals surface area contributed by atoms with E-state index in [1.807, 2.05) is 33.8 Å². The molecule has 0 aromatic heterocycles. The van der Waals surface area contributed by atoms with Crippen LogP contribution in [-0.4, -0.2) is 137 Å². The molecule has 4 heterocycles. The molecular weight excluding hydrogens is 805 g/mol. The number of carbonyl (C=O) groups is 1. The summed E-state index contributed by atoms with van der Waals surface area (Å²) in [6.45, 7) is 29.3. The normalized spacial score (nSPS) is 26.0. The summed E-state index contributed by atoms with van der Waals surface area (Å²) >= 11 is 0. The summed E-state index contributed by atoms with van der Waals surface area (Å²) in [6, 6.07) is 0. The quantitative estimate of drug-likeness (QED) is 0.0744. The van der Waals surface area contributed by atoms with Crippen LogP contribution in [0.4, 0.5) is 4.79 Å². The number of rotatable bonds is 20. The number of aliphatic hydroxyl groups excluding tert-OH is 3. The number of hydrogen-bond acceptors (Lipinski definition) is 13. The number of ether oxygens (including phenoxy) is 5. The number of β-amino-alcohol motifs (C(OH)–C–C–N with tert-alkyl or cyclic N) is 1. The first kappa shape index (κ1) is 56.8. The van der Waals surface area contributed by atoms with E-state index >= 15 is 0 Å². The van der Waals surface area contributed by atoms with Crippen LogP contribution in [0.25, 0.3) is 0 Å². The fraction of sp³-hybridized carbons (Fsp3) is 0.804. The number of allylic oxidation sites excluding steroid dienone is 4. The molecule has 2 unspecified atom stereocenters. The molecule has 4 N–H and O–H groups in total. The van der Waals surface area contributed by atoms with Crippen molar-refractivity contribution >= 4 is 16.2 Å². The maximum atomic E-state index is 11.7. The smallest absolute Gasteiger partial charge is 0.410 e. The Bertz CT molecular complexity index is 1320. The average Bonchev–Trinajstić information content (AvgIpc) is 3.81. The molecular formula is C46H84N2O12S. The maximum Gasteiger partial charge on any atom is 0.410 e. The van der Waals surface area contributed by atoms with E-state index in [0.717, 1.165) is 76.1 Å². The van der Waals surface area contributed by atoms with Crippen molar-refractivity contribution in [2.75, 3.05) is 65.5 Å². The summed E-state index contributed by atoms with van der Waals surface area (Å²) in [7, 11) is -3.43. The second kappa shape index (κ2) is 31.6. The predicted octanol–water partition coefficient (Wildman–Crippen LogP) is 6.76. The lowest BCUT2D eigenvalue weighted by Gasteiger charge is -2.31. The molecule has 4 aliphatic heterocycles. The molecule has 356 valence electrons. The van der Waals surface area contributed by atoms with Crippen LogP contribution in [-0.2, 0) is 38.0 Å². The third kappa shape index (κ3) is 25.0. The van der Waals surface area contributed by atoms with Crippen molar-refractivity contribution in [1.82, 2.24) is 10.2 Å². The lowest BCUT2D eigenvalue weighted by Crippen LogP contribution is -2.36. The van der Waals surface area contributed by atoms with Gasteiger partial charge in [0.1, 0.15) is 5.60 Å². The largest absolute Gasteiger partial charge is 0.444 e. The van der Waals surface area contributed by atoms with E-state index in [1.54, 1.807) is 23.1 Å². The molecule has 0 aromatic carbocycles. The van der Waals surface area contributed by atoms with Crippen molar-refractivity contribution in [2.24, 2.45) is 29.6 Å². The first-order chi connectivity index (χ1) is 28.9. The van der Waals surface area contributed by atoms with Gasteiger partial charge in [-0.25, -0.2) is 4.79 Å². The Morgan fingerprint density at radius 1 is 0.836 bits per heavy atom. The molecule has 0 spiro atoms. The van der Waals surface area contributed by atoms with Crippen LogP contribution < -0.4 is 5.32 Å². The highest BCUT2D eigenvalue weighted by molar-refractivity contribution is 7.85. The van der Waals surface area contributed by atoms with Crippen molar-refractivity contribution in [1.29, 1.82) is 0 Å². The van der Waals surface area contributed by atoms with Gasteiger partial charge in [0, 0.05) is 44.1 Å². The Kier molecular flexibility index (Phi) is 29.5. The van der Waals surface area contributed by atoms with E-state index in [0.29, 0.717) is 32.5 Å². The lowest BCUT2D eigenvalue weighted by atomic mass is 9.95. The van der Waals surface area contributed by atoms with Crippen molar-refractivity contribution < 1.29 is 56.4 Å². The molecule has 15 heteroatoms. The second-order valence-corrected chi connectivity index (χ2v) is 19.1. The van der Waals surface area contributed by atoms with Crippen LogP contribution in [0.2, 0.25) is 0 Å². The van der Waals surface area contributed by atoms with Crippen LogP contribution in [0.15, 0.2) is 50.6 Å². The summed E-state index contributed by atoms with van der Waals surface area (Å²) in [5, 5.41) is 31.6. The number of nitrogens with one attached hydrogen (secondary N) is 1. The molecule has 0 bridgehead atoms. The SMILES string of the molecule is C=CC[C@@H](CO)[C@@H](CO)OC1CCCCO1.C=CC[C@@H](COS(C)(=O)=O)[C@@H](CC)OC1CCCCO1.C=CC[C@H]1CN(C(=O)OC(C)(C)C)C[C@H]1O.C=CC[C@H]1CNC[C@H]1C. The van der Waals surface area contributed by atoms with Crippen molar-refractivity contribution in [2.45, 2.75) is 142 Å². The van der Waals surface area contributed by atoms with Gasteiger partial charge in [-0.05, 0) is 116 Å². The zero-order valence-corrected chi connectivity index (χ0v) is 39.2. The van der Waals surface area contributed by atoms with Gasteiger partial charge in [-0.3, -0.25) is 4.18 Å². The summed E-state index contributed by atoms with van der Waals surface area (Å²) in [6.07, 6.45) is 16.7. The van der Waals surface area contributed by atoms with Gasteiger partial charge in [0.25, 0.3) is 10.1 Å². The molecule has 0 saturated carbocycles. The summed E-state index contributed by atoms with van der Waals surface area (Å²) in [5.41, 5.74) is -0.488. The van der Waals surface area contributed by atoms with Crippen LogP contribution in [0.5, 0.6) is 0 Å². The van der Waals surface area contributed by atoms with Crippen LogP contribution in [0.3, 0.4) is 0 Å². The Hall–Kier alpha value is -2.18. The number of amides is 1. The zero-order valence-electron chi connectivity index (χ0n) is 38.4. The number of aliphatic hydroxyl groups is 3. The molecule has 0 aliphatic carbocycles. The van der Waals surface area contributed by atoms with E-state index in [4.69, 9.17) is 27.9 Å². The van der Waals surface area contributed by atoms with Crippen LogP contribution in [0.1, 0.15) is 105 Å². The predicted molar refractivity (Wildman–Crippen MR) is 241 cm³/mol.